The van der Waals surface area contributed by atoms with Gasteiger partial charge >= 0.3 is 0 Å². The van der Waals surface area contributed by atoms with Crippen LogP contribution in [0.1, 0.15) is 24.2 Å². The Morgan fingerprint density at radius 2 is 2.33 bits per heavy atom. The molecule has 3 nitrogen and oxygen atoms in total. The largest absolute Gasteiger partial charge is 0.331 e. The van der Waals surface area contributed by atoms with Gasteiger partial charge in [-0.25, -0.2) is 4.98 Å². The molecule has 2 aromatic rings. The molecule has 1 aromatic carbocycles. The van der Waals surface area contributed by atoms with Crippen LogP contribution in [0.4, 0.5) is 0 Å². The van der Waals surface area contributed by atoms with Crippen LogP contribution in [0.3, 0.4) is 0 Å². The maximum Gasteiger partial charge on any atom is 0.109 e. The van der Waals surface area contributed by atoms with Gasteiger partial charge in [0.15, 0.2) is 0 Å². The number of aryl methyl sites for hydroxylation is 3. The number of imidazole rings is 1. The molecule has 1 aliphatic heterocycles. The molecule has 1 aliphatic rings. The number of aromatic nitrogens is 2. The fraction of sp³-hybridized carbons (Fsp3) is 0.533. The molecule has 96 valence electrons. The Hall–Kier alpha value is -1.35. The van der Waals surface area contributed by atoms with Crippen LogP contribution in [-0.2, 0) is 13.5 Å². The molecule has 0 radical (unpaired) electrons. The highest BCUT2D eigenvalue weighted by Gasteiger charge is 2.16. The molecule has 18 heavy (non-hydrogen) atoms. The lowest BCUT2D eigenvalue weighted by atomic mass is 10.0. The average molecular weight is 243 g/mol. The molecule has 3 rings (SSSR count). The second-order valence-corrected chi connectivity index (χ2v) is 5.48. The fourth-order valence-corrected chi connectivity index (χ4v) is 2.88. The molecular weight excluding hydrogens is 222 g/mol. The van der Waals surface area contributed by atoms with Gasteiger partial charge in [0, 0.05) is 13.5 Å². The van der Waals surface area contributed by atoms with Crippen LogP contribution in [-0.4, -0.2) is 22.6 Å². The van der Waals surface area contributed by atoms with Gasteiger partial charge in [-0.05, 0) is 56.5 Å². The van der Waals surface area contributed by atoms with Crippen molar-refractivity contribution in [2.75, 3.05) is 13.1 Å². The predicted octanol–water partition coefficient (Wildman–Crippen LogP) is 2.42. The van der Waals surface area contributed by atoms with E-state index in [4.69, 9.17) is 4.98 Å². The van der Waals surface area contributed by atoms with Crippen LogP contribution in [0.2, 0.25) is 0 Å². The van der Waals surface area contributed by atoms with Crippen LogP contribution in [0, 0.1) is 12.8 Å². The fourth-order valence-electron chi connectivity index (χ4n) is 2.88. The molecule has 1 saturated heterocycles. The van der Waals surface area contributed by atoms with Crippen molar-refractivity contribution in [2.45, 2.75) is 26.2 Å². The Kier molecular flexibility index (Phi) is 3.08. The second kappa shape index (κ2) is 4.73. The monoisotopic (exact) mass is 243 g/mol. The van der Waals surface area contributed by atoms with Gasteiger partial charge in [0.25, 0.3) is 0 Å². The van der Waals surface area contributed by atoms with Crippen molar-refractivity contribution in [1.82, 2.24) is 14.9 Å². The summed E-state index contributed by atoms with van der Waals surface area (Å²) in [6.07, 6.45) is 3.67. The van der Waals surface area contributed by atoms with Crippen LogP contribution in [0.5, 0.6) is 0 Å². The number of rotatable bonds is 3. The number of nitrogens with one attached hydrogen (secondary N) is 1. The van der Waals surface area contributed by atoms with Crippen LogP contribution in [0.25, 0.3) is 11.0 Å². The molecule has 2 heterocycles. The molecular formula is C15H21N3. The summed E-state index contributed by atoms with van der Waals surface area (Å²) in [5.41, 5.74) is 3.67. The summed E-state index contributed by atoms with van der Waals surface area (Å²) in [4.78, 5) is 4.78. The standard InChI is InChI=1S/C15H21N3/c1-11-3-5-14-13(9-11)17-15(18(14)2)6-4-12-7-8-16-10-12/h3,5,9,12,16H,4,6-8,10H2,1-2H3. The SMILES string of the molecule is Cc1ccc2c(c1)nc(CCC1CCNC1)n2C. The predicted molar refractivity (Wildman–Crippen MR) is 74.7 cm³/mol. The van der Waals surface area contributed by atoms with Crippen LogP contribution >= 0.6 is 0 Å². The minimum Gasteiger partial charge on any atom is -0.331 e. The van der Waals surface area contributed by atoms with Gasteiger partial charge in [-0.1, -0.05) is 6.07 Å². The summed E-state index contributed by atoms with van der Waals surface area (Å²) in [7, 11) is 2.13. The maximum atomic E-state index is 4.78. The molecule has 1 fully saturated rings. The first kappa shape index (κ1) is 11.7. The molecule has 0 bridgehead atoms. The van der Waals surface area contributed by atoms with Crippen LogP contribution < -0.4 is 5.32 Å². The minimum absolute atomic E-state index is 0.839. The van der Waals surface area contributed by atoms with Gasteiger partial charge in [-0.2, -0.15) is 0 Å². The molecule has 0 spiro atoms. The van der Waals surface area contributed by atoms with E-state index in [0.29, 0.717) is 0 Å². The summed E-state index contributed by atoms with van der Waals surface area (Å²) in [5.74, 6) is 2.06. The van der Waals surface area contributed by atoms with E-state index in [2.05, 4.69) is 42.1 Å². The summed E-state index contributed by atoms with van der Waals surface area (Å²) in [6.45, 7) is 4.49. The maximum absolute atomic E-state index is 4.78. The molecule has 1 atom stereocenters. The highest BCUT2D eigenvalue weighted by atomic mass is 15.1. The summed E-state index contributed by atoms with van der Waals surface area (Å²) in [6, 6.07) is 6.52. The Bertz CT molecular complexity index is 550. The second-order valence-electron chi connectivity index (χ2n) is 5.48. The molecule has 3 heteroatoms. The topological polar surface area (TPSA) is 29.9 Å². The van der Waals surface area contributed by atoms with E-state index in [1.807, 2.05) is 0 Å². The molecule has 0 saturated carbocycles. The average Bonchev–Trinajstić information content (AvgIpc) is 2.95. The van der Waals surface area contributed by atoms with Gasteiger partial charge in [0.2, 0.25) is 0 Å². The first-order valence-electron chi connectivity index (χ1n) is 6.87. The van der Waals surface area contributed by atoms with E-state index in [0.717, 1.165) is 17.9 Å². The number of benzene rings is 1. The molecule has 1 aromatic heterocycles. The lowest BCUT2D eigenvalue weighted by Gasteiger charge is -2.07. The van der Waals surface area contributed by atoms with Crippen LogP contribution in [0.15, 0.2) is 18.2 Å². The number of nitrogens with zero attached hydrogens (tertiary/aromatic N) is 2. The zero-order valence-corrected chi connectivity index (χ0v) is 11.2. The van der Waals surface area contributed by atoms with Crippen molar-refractivity contribution in [2.24, 2.45) is 13.0 Å². The minimum atomic E-state index is 0.839. The number of hydrogen-bond acceptors (Lipinski definition) is 2. The van der Waals surface area contributed by atoms with E-state index in [9.17, 15) is 0 Å². The van der Waals surface area contributed by atoms with Crippen molar-refractivity contribution in [3.05, 3.63) is 29.6 Å². The smallest absolute Gasteiger partial charge is 0.109 e. The molecule has 1 N–H and O–H groups in total. The first-order valence-corrected chi connectivity index (χ1v) is 6.87. The van der Waals surface area contributed by atoms with Crippen molar-refractivity contribution in [3.8, 4) is 0 Å². The summed E-state index contributed by atoms with van der Waals surface area (Å²) < 4.78 is 2.25. The van der Waals surface area contributed by atoms with Gasteiger partial charge in [-0.3, -0.25) is 0 Å². The third-order valence-corrected chi connectivity index (χ3v) is 4.07. The van der Waals surface area contributed by atoms with Crippen molar-refractivity contribution >= 4 is 11.0 Å². The number of hydrogen-bond donors (Lipinski definition) is 1. The van der Waals surface area contributed by atoms with Gasteiger partial charge in [-0.15, -0.1) is 0 Å². The zero-order chi connectivity index (χ0) is 12.5. The molecule has 1 unspecified atom stereocenters. The molecule has 0 amide bonds. The molecule has 0 aliphatic carbocycles. The van der Waals surface area contributed by atoms with E-state index < -0.39 is 0 Å². The Morgan fingerprint density at radius 1 is 1.44 bits per heavy atom. The third-order valence-electron chi connectivity index (χ3n) is 4.07. The van der Waals surface area contributed by atoms with Crippen molar-refractivity contribution in [1.29, 1.82) is 0 Å². The number of fused-ring (bicyclic) bond motifs is 1. The van der Waals surface area contributed by atoms with E-state index >= 15 is 0 Å². The lowest BCUT2D eigenvalue weighted by Crippen LogP contribution is -2.10. The zero-order valence-electron chi connectivity index (χ0n) is 11.2. The highest BCUT2D eigenvalue weighted by Crippen LogP contribution is 2.20. The van der Waals surface area contributed by atoms with E-state index in [1.165, 1.54) is 42.8 Å². The van der Waals surface area contributed by atoms with Gasteiger partial charge < -0.3 is 9.88 Å². The van der Waals surface area contributed by atoms with Gasteiger partial charge in [0.05, 0.1) is 11.0 Å². The lowest BCUT2D eigenvalue weighted by molar-refractivity contribution is 0.520. The van der Waals surface area contributed by atoms with Crippen molar-refractivity contribution < 1.29 is 0 Å². The highest BCUT2D eigenvalue weighted by molar-refractivity contribution is 5.76. The third kappa shape index (κ3) is 2.15. The normalized spacial score (nSPS) is 19.8. The first-order chi connectivity index (χ1) is 8.74. The Labute approximate surface area is 108 Å². The Balaban J connectivity index is 1.80. The van der Waals surface area contributed by atoms with E-state index in [1.54, 1.807) is 0 Å². The van der Waals surface area contributed by atoms with Crippen molar-refractivity contribution in [3.63, 3.8) is 0 Å². The Morgan fingerprint density at radius 3 is 3.11 bits per heavy atom. The quantitative estimate of drug-likeness (QED) is 0.897. The van der Waals surface area contributed by atoms with Gasteiger partial charge in [0.1, 0.15) is 5.82 Å². The summed E-state index contributed by atoms with van der Waals surface area (Å²) >= 11 is 0. The van der Waals surface area contributed by atoms with E-state index in [-0.39, 0.29) is 0 Å². The summed E-state index contributed by atoms with van der Waals surface area (Å²) in [5, 5.41) is 3.43.